The molecule has 3 atom stereocenters. The number of rotatable bonds is 3. The summed E-state index contributed by atoms with van der Waals surface area (Å²) in [6.45, 7) is -0.369. The Balaban J connectivity index is 2.35. The molecular formula is C9H11FHgN2O5. The van der Waals surface area contributed by atoms with Gasteiger partial charge in [0, 0.05) is 0 Å². The fraction of sp³-hybridized carbons (Fsp3) is 0.556. The first-order valence-electron chi connectivity index (χ1n) is 5.41. The van der Waals surface area contributed by atoms with Crippen molar-refractivity contribution >= 4 is 3.07 Å². The summed E-state index contributed by atoms with van der Waals surface area (Å²) in [6, 6.07) is 0. The summed E-state index contributed by atoms with van der Waals surface area (Å²) in [5.74, 6) is 0. The van der Waals surface area contributed by atoms with E-state index in [2.05, 4.69) is 0 Å². The second-order valence-corrected chi connectivity index (χ2v) is 8.07. The van der Waals surface area contributed by atoms with E-state index in [4.69, 9.17) is 9.84 Å². The third kappa shape index (κ3) is 2.56. The summed E-state index contributed by atoms with van der Waals surface area (Å²) >= 11 is -2.92. The van der Waals surface area contributed by atoms with Gasteiger partial charge in [-0.1, -0.05) is 0 Å². The molecule has 96 valence electrons. The number of ether oxygens (including phenoxy) is 1. The minimum absolute atomic E-state index is 0.0279. The Hall–Kier alpha value is -0.575. The van der Waals surface area contributed by atoms with Crippen LogP contribution in [0.15, 0.2) is 15.8 Å². The first-order chi connectivity index (χ1) is 8.56. The van der Waals surface area contributed by atoms with Gasteiger partial charge >= 0.3 is 114 Å². The van der Waals surface area contributed by atoms with Crippen molar-refractivity contribution < 1.29 is 42.6 Å². The van der Waals surface area contributed by atoms with E-state index in [-0.39, 0.29) is 16.1 Å². The molecule has 0 saturated carbocycles. The van der Waals surface area contributed by atoms with Gasteiger partial charge in [0.15, 0.2) is 0 Å². The number of nitrogens with zero attached hydrogens (tertiary/aromatic N) is 1. The Morgan fingerprint density at radius 3 is 2.89 bits per heavy atom. The van der Waals surface area contributed by atoms with E-state index in [1.54, 1.807) is 0 Å². The zero-order chi connectivity index (χ0) is 13.3. The molecule has 0 unspecified atom stereocenters. The van der Waals surface area contributed by atoms with Crippen molar-refractivity contribution in [2.45, 2.75) is 24.9 Å². The topological polar surface area (TPSA) is 105 Å². The maximum atomic E-state index is 12.8. The Morgan fingerprint density at radius 1 is 1.61 bits per heavy atom. The number of halogens is 1. The van der Waals surface area contributed by atoms with Gasteiger partial charge in [0.25, 0.3) is 0 Å². The standard InChI is InChI=1S/C9H11N2O5.FH.Hg/c12-4-6-5(13)3-8(16-6)11-2-1-7(14)10-9(11)15;;/h2,5-6,8,12-13H,3-4H2,(H,10,14,15);1H;/q;;+1/p-1/t5-,6+,8+;;/m0../s1. The average molecular weight is 447 g/mol. The zero-order valence-corrected chi connectivity index (χ0v) is 14.9. The molecule has 1 aliphatic rings. The Kier molecular flexibility index (Phi) is 4.31. The minimum atomic E-state index is -2.92. The fourth-order valence-corrected chi connectivity index (χ4v) is 3.73. The predicted octanol–water partition coefficient (Wildman–Crippen LogP) is -2.23. The third-order valence-electron chi connectivity index (χ3n) is 2.88. The van der Waals surface area contributed by atoms with Crippen molar-refractivity contribution in [1.29, 1.82) is 0 Å². The molecule has 0 amide bonds. The number of nitrogens with one attached hydrogen (secondary N) is 1. The van der Waals surface area contributed by atoms with Gasteiger partial charge in [-0.2, -0.15) is 0 Å². The average Bonchev–Trinajstić information content (AvgIpc) is 2.70. The molecule has 0 bridgehead atoms. The van der Waals surface area contributed by atoms with Gasteiger partial charge in [0.05, 0.1) is 0 Å². The molecule has 1 aromatic rings. The number of aliphatic hydroxyl groups excluding tert-OH is 2. The molecule has 2 rings (SSSR count). The van der Waals surface area contributed by atoms with Crippen LogP contribution in [-0.4, -0.2) is 38.6 Å². The van der Waals surface area contributed by atoms with E-state index < -0.39 is 54.9 Å². The third-order valence-corrected chi connectivity index (χ3v) is 5.96. The molecule has 3 N–H and O–H groups in total. The second kappa shape index (κ2) is 5.60. The van der Waals surface area contributed by atoms with Crippen molar-refractivity contribution in [3.8, 4) is 0 Å². The molecule has 2 heterocycles. The molecule has 1 aliphatic heterocycles. The molecule has 18 heavy (non-hydrogen) atoms. The molecule has 0 aliphatic carbocycles. The predicted molar refractivity (Wildman–Crippen MR) is 53.7 cm³/mol. The number of aromatic nitrogens is 2. The van der Waals surface area contributed by atoms with E-state index >= 15 is 0 Å². The van der Waals surface area contributed by atoms with Crippen molar-refractivity contribution in [2.24, 2.45) is 0 Å². The summed E-state index contributed by atoms with van der Waals surface area (Å²) in [5.41, 5.74) is -1.39. The molecule has 7 nitrogen and oxygen atoms in total. The Bertz CT molecular complexity index is 544. The van der Waals surface area contributed by atoms with E-state index in [0.717, 1.165) is 4.57 Å². The first kappa shape index (κ1) is 13.8. The van der Waals surface area contributed by atoms with Gasteiger partial charge in [-0.15, -0.1) is 0 Å². The summed E-state index contributed by atoms with van der Waals surface area (Å²) in [5, 5.41) is 18.5. The van der Waals surface area contributed by atoms with Gasteiger partial charge in [-0.25, -0.2) is 0 Å². The molecule has 1 fully saturated rings. The van der Waals surface area contributed by atoms with Crippen LogP contribution in [0.5, 0.6) is 0 Å². The van der Waals surface area contributed by atoms with Crippen LogP contribution in [0.2, 0.25) is 0 Å². The van der Waals surface area contributed by atoms with Gasteiger partial charge in [0.2, 0.25) is 0 Å². The van der Waals surface area contributed by atoms with E-state index in [9.17, 15) is 17.2 Å². The molecule has 9 heteroatoms. The second-order valence-electron chi connectivity index (χ2n) is 4.07. The number of aromatic amines is 1. The Labute approximate surface area is 114 Å². The summed E-state index contributed by atoms with van der Waals surface area (Å²) in [6.07, 6.45) is -1.18. The molecule has 1 aromatic heterocycles. The molecular weight excluding hydrogens is 436 g/mol. The van der Waals surface area contributed by atoms with Crippen molar-refractivity contribution in [1.82, 2.24) is 9.55 Å². The van der Waals surface area contributed by atoms with E-state index in [1.165, 1.54) is 6.20 Å². The van der Waals surface area contributed by atoms with Crippen LogP contribution in [0.1, 0.15) is 12.6 Å². The molecule has 0 spiro atoms. The van der Waals surface area contributed by atoms with Crippen LogP contribution in [0.4, 0.5) is 2.47 Å². The Morgan fingerprint density at radius 2 is 2.33 bits per heavy atom. The number of H-pyrrole nitrogens is 1. The van der Waals surface area contributed by atoms with Crippen LogP contribution in [0, 0.1) is 0 Å². The van der Waals surface area contributed by atoms with Gasteiger partial charge in [0.1, 0.15) is 0 Å². The van der Waals surface area contributed by atoms with Gasteiger partial charge < -0.3 is 0 Å². The monoisotopic (exact) mass is 448 g/mol. The van der Waals surface area contributed by atoms with Crippen LogP contribution in [0.25, 0.3) is 0 Å². The van der Waals surface area contributed by atoms with E-state index in [1.807, 2.05) is 4.98 Å². The van der Waals surface area contributed by atoms with Crippen molar-refractivity contribution in [3.05, 3.63) is 27.0 Å². The summed E-state index contributed by atoms with van der Waals surface area (Å²) in [4.78, 5) is 24.8. The first-order valence-corrected chi connectivity index (χ1v) is 10.2. The fourth-order valence-electron chi connectivity index (χ4n) is 1.89. The number of aliphatic hydroxyl groups is 2. The number of hydrogen-bond acceptors (Lipinski definition) is 5. The van der Waals surface area contributed by atoms with E-state index in [0.29, 0.717) is 0 Å². The van der Waals surface area contributed by atoms with Crippen LogP contribution >= 0.6 is 0 Å². The summed E-state index contributed by atoms with van der Waals surface area (Å²) in [7, 11) is 0. The van der Waals surface area contributed by atoms with Gasteiger partial charge in [-0.3, -0.25) is 0 Å². The molecule has 0 aromatic carbocycles. The van der Waals surface area contributed by atoms with Crippen LogP contribution < -0.4 is 14.3 Å². The van der Waals surface area contributed by atoms with Crippen molar-refractivity contribution in [2.75, 3.05) is 6.61 Å². The van der Waals surface area contributed by atoms with Crippen molar-refractivity contribution in [3.63, 3.8) is 0 Å². The quantitative estimate of drug-likeness (QED) is 0.456. The molecule has 0 radical (unpaired) electrons. The van der Waals surface area contributed by atoms with Gasteiger partial charge in [-0.05, 0) is 0 Å². The zero-order valence-electron chi connectivity index (χ0n) is 9.38. The van der Waals surface area contributed by atoms with Crippen LogP contribution in [-0.2, 0) is 29.9 Å². The molecule has 1 saturated heterocycles. The maximum absolute atomic E-state index is 12.8. The summed E-state index contributed by atoms with van der Waals surface area (Å²) < 4.78 is 19.1. The normalized spacial score (nSPS) is 27.2. The van der Waals surface area contributed by atoms with Crippen LogP contribution in [0.3, 0.4) is 0 Å². The SMILES string of the molecule is O=c1[nH]c(=O)n([C@H]2C[C@H](O)[C@@H](CO)O2)c[c]1[Hg][F]. The number of hydrogen-bond donors (Lipinski definition) is 3.